The number of anilines is 1. The van der Waals surface area contributed by atoms with Gasteiger partial charge in [0, 0.05) is 19.6 Å². The third-order valence-electron chi connectivity index (χ3n) is 3.91. The van der Waals surface area contributed by atoms with E-state index in [0.717, 1.165) is 18.8 Å². The molecule has 1 N–H and O–H groups in total. The summed E-state index contributed by atoms with van der Waals surface area (Å²) in [5.41, 5.74) is 4.76. The molecule has 3 heteroatoms. The summed E-state index contributed by atoms with van der Waals surface area (Å²) in [5.74, 6) is 0. The summed E-state index contributed by atoms with van der Waals surface area (Å²) < 4.78 is 0. The standard InChI is InChI=1S/C18H21N3/c1-14(19-12-15-8-4-3-5-9-15)17-13-21(2)18-11-7-6-10-16(18)20-17/h3-11,14,19H,12-13H2,1-2H3. The van der Waals surface area contributed by atoms with Gasteiger partial charge in [-0.3, -0.25) is 4.99 Å². The molecule has 3 nitrogen and oxygen atoms in total. The SMILES string of the molecule is CC(NCc1ccccc1)C1=Nc2ccccc2N(C)C1. The number of nitrogens with one attached hydrogen (secondary N) is 1. The van der Waals surface area contributed by atoms with Crippen molar-refractivity contribution in [2.75, 3.05) is 18.5 Å². The minimum Gasteiger partial charge on any atom is -0.367 e. The lowest BCUT2D eigenvalue weighted by Gasteiger charge is -2.29. The van der Waals surface area contributed by atoms with Crippen molar-refractivity contribution < 1.29 is 0 Å². The Morgan fingerprint density at radius 1 is 1.10 bits per heavy atom. The molecule has 1 aliphatic heterocycles. The molecule has 3 rings (SSSR count). The minimum atomic E-state index is 0.265. The van der Waals surface area contributed by atoms with Crippen LogP contribution in [0.3, 0.4) is 0 Å². The van der Waals surface area contributed by atoms with Gasteiger partial charge in [-0.25, -0.2) is 0 Å². The molecule has 0 amide bonds. The number of fused-ring (bicyclic) bond motifs is 1. The molecule has 0 aliphatic carbocycles. The second-order valence-corrected chi connectivity index (χ2v) is 5.54. The Bertz CT molecular complexity index is 634. The smallest absolute Gasteiger partial charge is 0.0863 e. The second-order valence-electron chi connectivity index (χ2n) is 5.54. The van der Waals surface area contributed by atoms with Crippen LogP contribution < -0.4 is 10.2 Å². The lowest BCUT2D eigenvalue weighted by Crippen LogP contribution is -2.41. The Hall–Kier alpha value is -2.13. The summed E-state index contributed by atoms with van der Waals surface area (Å²) in [6.45, 7) is 3.93. The van der Waals surface area contributed by atoms with Crippen LogP contribution in [-0.4, -0.2) is 25.3 Å². The first kappa shape index (κ1) is 13.8. The highest BCUT2D eigenvalue weighted by molar-refractivity contribution is 5.99. The van der Waals surface area contributed by atoms with Gasteiger partial charge in [0.1, 0.15) is 0 Å². The van der Waals surface area contributed by atoms with Crippen molar-refractivity contribution in [3.05, 3.63) is 60.2 Å². The predicted octanol–water partition coefficient (Wildman–Crippen LogP) is 3.39. The van der Waals surface area contributed by atoms with Crippen molar-refractivity contribution in [3.8, 4) is 0 Å². The van der Waals surface area contributed by atoms with E-state index in [9.17, 15) is 0 Å². The monoisotopic (exact) mass is 279 g/mol. The molecule has 108 valence electrons. The number of benzene rings is 2. The van der Waals surface area contributed by atoms with Crippen molar-refractivity contribution in [3.63, 3.8) is 0 Å². The van der Waals surface area contributed by atoms with Crippen LogP contribution in [0, 0.1) is 0 Å². The van der Waals surface area contributed by atoms with E-state index >= 15 is 0 Å². The molecule has 0 saturated heterocycles. The van der Waals surface area contributed by atoms with Crippen molar-refractivity contribution in [2.45, 2.75) is 19.5 Å². The summed E-state index contributed by atoms with van der Waals surface area (Å²) in [6, 6.07) is 19.0. The van der Waals surface area contributed by atoms with E-state index in [2.05, 4.69) is 66.7 Å². The molecule has 2 aromatic carbocycles. The van der Waals surface area contributed by atoms with Crippen LogP contribution in [0.5, 0.6) is 0 Å². The van der Waals surface area contributed by atoms with Gasteiger partial charge in [-0.1, -0.05) is 42.5 Å². The quantitative estimate of drug-likeness (QED) is 0.929. The third kappa shape index (κ3) is 3.14. The Balaban J connectivity index is 1.71. The minimum absolute atomic E-state index is 0.265. The van der Waals surface area contributed by atoms with E-state index in [1.54, 1.807) is 0 Å². The molecule has 0 aromatic heterocycles. The van der Waals surface area contributed by atoms with Gasteiger partial charge in [-0.05, 0) is 24.6 Å². The summed E-state index contributed by atoms with van der Waals surface area (Å²) >= 11 is 0. The van der Waals surface area contributed by atoms with Crippen LogP contribution >= 0.6 is 0 Å². The van der Waals surface area contributed by atoms with Gasteiger partial charge in [0.2, 0.25) is 0 Å². The zero-order valence-electron chi connectivity index (χ0n) is 12.6. The average Bonchev–Trinajstić information content (AvgIpc) is 2.53. The predicted molar refractivity (Wildman–Crippen MR) is 89.6 cm³/mol. The molecular weight excluding hydrogens is 258 g/mol. The van der Waals surface area contributed by atoms with Crippen molar-refractivity contribution in [1.82, 2.24) is 5.32 Å². The molecule has 2 aromatic rings. The van der Waals surface area contributed by atoms with E-state index in [-0.39, 0.29) is 6.04 Å². The fourth-order valence-corrected chi connectivity index (χ4v) is 2.62. The second kappa shape index (κ2) is 6.10. The number of para-hydroxylation sites is 2. The maximum Gasteiger partial charge on any atom is 0.0863 e. The molecule has 0 bridgehead atoms. The molecule has 1 heterocycles. The lowest BCUT2D eigenvalue weighted by molar-refractivity contribution is 0.650. The van der Waals surface area contributed by atoms with Gasteiger partial charge in [0.05, 0.1) is 23.6 Å². The van der Waals surface area contributed by atoms with Crippen LogP contribution in [-0.2, 0) is 6.54 Å². The molecular formula is C18H21N3. The number of hydrogen-bond acceptors (Lipinski definition) is 3. The lowest BCUT2D eigenvalue weighted by atomic mass is 10.1. The number of rotatable bonds is 4. The average molecular weight is 279 g/mol. The number of aliphatic imine (C=N–C) groups is 1. The fourth-order valence-electron chi connectivity index (χ4n) is 2.62. The Morgan fingerprint density at radius 3 is 2.62 bits per heavy atom. The Labute approximate surface area is 126 Å². The highest BCUT2D eigenvalue weighted by Crippen LogP contribution is 2.31. The molecule has 21 heavy (non-hydrogen) atoms. The van der Waals surface area contributed by atoms with Crippen molar-refractivity contribution in [2.24, 2.45) is 4.99 Å². The summed E-state index contributed by atoms with van der Waals surface area (Å²) in [5, 5.41) is 3.56. The van der Waals surface area contributed by atoms with E-state index in [1.807, 2.05) is 12.1 Å². The number of hydrogen-bond donors (Lipinski definition) is 1. The molecule has 1 unspecified atom stereocenters. The van der Waals surface area contributed by atoms with Crippen LogP contribution in [0.2, 0.25) is 0 Å². The van der Waals surface area contributed by atoms with Gasteiger partial charge >= 0.3 is 0 Å². The van der Waals surface area contributed by atoms with Crippen LogP contribution in [0.25, 0.3) is 0 Å². The Kier molecular flexibility index (Phi) is 4.02. The molecule has 0 radical (unpaired) electrons. The topological polar surface area (TPSA) is 27.6 Å². The number of nitrogens with zero attached hydrogens (tertiary/aromatic N) is 2. The first-order valence-corrected chi connectivity index (χ1v) is 7.39. The van der Waals surface area contributed by atoms with Crippen LogP contribution in [0.1, 0.15) is 12.5 Å². The maximum atomic E-state index is 4.82. The highest BCUT2D eigenvalue weighted by atomic mass is 15.2. The van der Waals surface area contributed by atoms with E-state index in [1.165, 1.54) is 17.0 Å². The summed E-state index contributed by atoms with van der Waals surface area (Å²) in [7, 11) is 2.12. The molecule has 0 saturated carbocycles. The molecule has 0 spiro atoms. The van der Waals surface area contributed by atoms with E-state index in [4.69, 9.17) is 4.99 Å². The van der Waals surface area contributed by atoms with Crippen molar-refractivity contribution >= 4 is 17.1 Å². The third-order valence-corrected chi connectivity index (χ3v) is 3.91. The first-order chi connectivity index (χ1) is 10.2. The van der Waals surface area contributed by atoms with Gasteiger partial charge in [-0.15, -0.1) is 0 Å². The van der Waals surface area contributed by atoms with Gasteiger partial charge in [-0.2, -0.15) is 0 Å². The van der Waals surface area contributed by atoms with Crippen LogP contribution in [0.15, 0.2) is 59.6 Å². The first-order valence-electron chi connectivity index (χ1n) is 7.39. The summed E-state index contributed by atoms with van der Waals surface area (Å²) in [4.78, 5) is 7.08. The Morgan fingerprint density at radius 2 is 1.81 bits per heavy atom. The highest BCUT2D eigenvalue weighted by Gasteiger charge is 2.19. The molecule has 1 aliphatic rings. The normalized spacial score (nSPS) is 15.3. The van der Waals surface area contributed by atoms with Crippen LogP contribution in [0.4, 0.5) is 11.4 Å². The van der Waals surface area contributed by atoms with Gasteiger partial charge in [0.15, 0.2) is 0 Å². The zero-order valence-corrected chi connectivity index (χ0v) is 12.6. The zero-order chi connectivity index (χ0) is 14.7. The largest absolute Gasteiger partial charge is 0.367 e. The maximum absolute atomic E-state index is 4.82. The van der Waals surface area contributed by atoms with E-state index in [0.29, 0.717) is 0 Å². The molecule has 1 atom stereocenters. The van der Waals surface area contributed by atoms with Gasteiger partial charge < -0.3 is 10.2 Å². The van der Waals surface area contributed by atoms with Crippen molar-refractivity contribution in [1.29, 1.82) is 0 Å². The fraction of sp³-hybridized carbons (Fsp3) is 0.278. The van der Waals surface area contributed by atoms with E-state index < -0.39 is 0 Å². The van der Waals surface area contributed by atoms with Gasteiger partial charge in [0.25, 0.3) is 0 Å². The molecule has 0 fully saturated rings. The summed E-state index contributed by atoms with van der Waals surface area (Å²) in [6.07, 6.45) is 0.